The van der Waals surface area contributed by atoms with Crippen molar-refractivity contribution in [3.05, 3.63) is 59.5 Å². The molecule has 0 radical (unpaired) electrons. The van der Waals surface area contributed by atoms with Gasteiger partial charge in [0.15, 0.2) is 5.78 Å². The van der Waals surface area contributed by atoms with Crippen LogP contribution in [0.25, 0.3) is 22.0 Å². The summed E-state index contributed by atoms with van der Waals surface area (Å²) in [5.74, 6) is 0.110. The first-order chi connectivity index (χ1) is 17.0. The van der Waals surface area contributed by atoms with Crippen molar-refractivity contribution in [1.29, 1.82) is 0 Å². The minimum atomic E-state index is -0.232. The van der Waals surface area contributed by atoms with Crippen LogP contribution in [0.15, 0.2) is 42.6 Å². The molecule has 3 aromatic rings. The van der Waals surface area contributed by atoms with E-state index in [0.717, 1.165) is 59.0 Å². The monoisotopic (exact) mass is 471 g/mol. The maximum atomic E-state index is 14.2. The number of carbonyl (C=O) groups excluding carboxylic acids is 1. The lowest BCUT2D eigenvalue weighted by Gasteiger charge is -2.35. The van der Waals surface area contributed by atoms with Crippen LogP contribution in [-0.4, -0.2) is 40.8 Å². The van der Waals surface area contributed by atoms with Crippen LogP contribution < -0.4 is 5.32 Å². The van der Waals surface area contributed by atoms with Crippen LogP contribution >= 0.6 is 0 Å². The zero-order valence-corrected chi connectivity index (χ0v) is 20.5. The van der Waals surface area contributed by atoms with E-state index < -0.39 is 0 Å². The van der Waals surface area contributed by atoms with Crippen LogP contribution in [0.1, 0.15) is 67.3 Å². The molecule has 1 aromatic heterocycles. The van der Waals surface area contributed by atoms with E-state index in [0.29, 0.717) is 17.6 Å². The van der Waals surface area contributed by atoms with Gasteiger partial charge in [0, 0.05) is 29.6 Å². The number of anilines is 1. The van der Waals surface area contributed by atoms with Crippen LogP contribution in [0.5, 0.6) is 0 Å². The largest absolute Gasteiger partial charge is 0.381 e. The molecule has 0 unspecified atom stereocenters. The van der Waals surface area contributed by atoms with Crippen LogP contribution in [-0.2, 0) is 0 Å². The number of aryl methyl sites for hydroxylation is 1. The predicted molar refractivity (Wildman–Crippen MR) is 139 cm³/mol. The van der Waals surface area contributed by atoms with Gasteiger partial charge in [-0.3, -0.25) is 9.78 Å². The summed E-state index contributed by atoms with van der Waals surface area (Å²) in [5, 5.41) is 4.77. The summed E-state index contributed by atoms with van der Waals surface area (Å²) >= 11 is 0. The molecule has 0 amide bonds. The smallest absolute Gasteiger partial charge is 0.169 e. The van der Waals surface area contributed by atoms with Crippen molar-refractivity contribution in [2.45, 2.75) is 70.4 Å². The van der Waals surface area contributed by atoms with Crippen molar-refractivity contribution >= 4 is 22.4 Å². The highest BCUT2D eigenvalue weighted by Crippen LogP contribution is 2.39. The number of aromatic nitrogens is 1. The fraction of sp³-hybridized carbons (Fsp3) is 0.467. The molecule has 6 rings (SSSR count). The molecule has 3 fully saturated rings. The summed E-state index contributed by atoms with van der Waals surface area (Å²) in [6, 6.07) is 12.3. The molecule has 2 aromatic carbocycles. The quantitative estimate of drug-likeness (QED) is 0.403. The lowest BCUT2D eigenvalue weighted by atomic mass is 9.89. The average Bonchev–Trinajstić information content (AvgIpc) is 3.57. The lowest BCUT2D eigenvalue weighted by molar-refractivity contribution is 0.0968. The molecule has 1 saturated heterocycles. The molecule has 2 saturated carbocycles. The van der Waals surface area contributed by atoms with Crippen molar-refractivity contribution in [3.63, 3.8) is 0 Å². The first-order valence-electron chi connectivity index (χ1n) is 13.3. The highest BCUT2D eigenvalue weighted by molar-refractivity contribution is 6.10. The molecule has 35 heavy (non-hydrogen) atoms. The standard InChI is InChI=1S/C30H34FN3O/c1-19-14-22(16-23(31)15-19)21-6-11-28-26(17-21)29(27(18-32-28)30(35)20-4-5-20)33-24-7-9-25(10-8-24)34-12-2-3-13-34/h6,11,14-18,20,24-25H,2-5,7-10,12-13H2,1H3,(H,32,33). The number of halogens is 1. The third-order valence-electron chi connectivity index (χ3n) is 8.16. The SMILES string of the molecule is Cc1cc(F)cc(-c2ccc3ncc(C(=O)C4CC4)c(NC4CCC(N5CCCC5)CC4)c3c2)c1. The van der Waals surface area contributed by atoms with Crippen molar-refractivity contribution < 1.29 is 9.18 Å². The Balaban J connectivity index is 1.34. The number of fused-ring (bicyclic) bond motifs is 1. The van der Waals surface area contributed by atoms with E-state index in [1.807, 2.05) is 25.1 Å². The number of Topliss-reactive ketones (excluding diaryl/α,β-unsaturated/α-hetero) is 1. The van der Waals surface area contributed by atoms with Crippen molar-refractivity contribution in [1.82, 2.24) is 9.88 Å². The molecule has 0 bridgehead atoms. The molecule has 0 spiro atoms. The first-order valence-corrected chi connectivity index (χ1v) is 13.3. The Morgan fingerprint density at radius 1 is 0.971 bits per heavy atom. The minimum absolute atomic E-state index is 0.134. The van der Waals surface area contributed by atoms with Gasteiger partial charge in [-0.05, 0) is 112 Å². The number of rotatable bonds is 6. The summed E-state index contributed by atoms with van der Waals surface area (Å²) in [7, 11) is 0. The zero-order chi connectivity index (χ0) is 23.9. The topological polar surface area (TPSA) is 45.2 Å². The van der Waals surface area contributed by atoms with E-state index >= 15 is 0 Å². The number of hydrogen-bond acceptors (Lipinski definition) is 4. The normalized spacial score (nSPS) is 23.0. The van der Waals surface area contributed by atoms with E-state index in [2.05, 4.69) is 21.3 Å². The van der Waals surface area contributed by atoms with Gasteiger partial charge in [0.2, 0.25) is 0 Å². The summed E-state index contributed by atoms with van der Waals surface area (Å²) < 4.78 is 14.2. The van der Waals surface area contributed by atoms with Gasteiger partial charge in [-0.2, -0.15) is 0 Å². The number of ketones is 1. The second-order valence-electron chi connectivity index (χ2n) is 10.8. The molecule has 2 aliphatic carbocycles. The third kappa shape index (κ3) is 4.71. The van der Waals surface area contributed by atoms with Gasteiger partial charge in [0.1, 0.15) is 5.82 Å². The maximum absolute atomic E-state index is 14.2. The Morgan fingerprint density at radius 3 is 2.46 bits per heavy atom. The highest BCUT2D eigenvalue weighted by Gasteiger charge is 2.34. The summed E-state index contributed by atoms with van der Waals surface area (Å²) in [4.78, 5) is 20.6. The maximum Gasteiger partial charge on any atom is 0.169 e. The second kappa shape index (κ2) is 9.34. The van der Waals surface area contributed by atoms with E-state index in [1.54, 1.807) is 18.3 Å². The predicted octanol–water partition coefficient (Wildman–Crippen LogP) is 6.76. The fourth-order valence-corrected chi connectivity index (χ4v) is 6.08. The first kappa shape index (κ1) is 22.7. The van der Waals surface area contributed by atoms with Crippen molar-refractivity contribution in [2.75, 3.05) is 18.4 Å². The van der Waals surface area contributed by atoms with Gasteiger partial charge < -0.3 is 10.2 Å². The summed E-state index contributed by atoms with van der Waals surface area (Å²) in [6.07, 6.45) is 11.0. The third-order valence-corrected chi connectivity index (χ3v) is 8.16. The van der Waals surface area contributed by atoms with Gasteiger partial charge >= 0.3 is 0 Å². The summed E-state index contributed by atoms with van der Waals surface area (Å²) in [5.41, 5.74) is 5.19. The molecule has 5 heteroatoms. The average molecular weight is 472 g/mol. The van der Waals surface area contributed by atoms with Gasteiger partial charge in [0.25, 0.3) is 0 Å². The Bertz CT molecular complexity index is 1230. The van der Waals surface area contributed by atoms with E-state index in [9.17, 15) is 9.18 Å². The van der Waals surface area contributed by atoms with Crippen LogP contribution in [0, 0.1) is 18.7 Å². The fourth-order valence-electron chi connectivity index (χ4n) is 6.08. The molecule has 3 aliphatic rings. The van der Waals surface area contributed by atoms with Crippen LogP contribution in [0.4, 0.5) is 10.1 Å². The molecular weight excluding hydrogens is 437 g/mol. The number of likely N-dealkylation sites (tertiary alicyclic amines) is 1. The zero-order valence-electron chi connectivity index (χ0n) is 20.5. The molecule has 0 atom stereocenters. The number of benzene rings is 2. The van der Waals surface area contributed by atoms with E-state index in [4.69, 9.17) is 0 Å². The highest BCUT2D eigenvalue weighted by atomic mass is 19.1. The number of carbonyl (C=O) groups is 1. The second-order valence-corrected chi connectivity index (χ2v) is 10.8. The number of nitrogens with zero attached hydrogens (tertiary/aromatic N) is 2. The Hall–Kier alpha value is -2.79. The van der Waals surface area contributed by atoms with Crippen LogP contribution in [0.3, 0.4) is 0 Å². The van der Waals surface area contributed by atoms with Gasteiger partial charge in [-0.15, -0.1) is 0 Å². The van der Waals surface area contributed by atoms with Crippen LogP contribution in [0.2, 0.25) is 0 Å². The van der Waals surface area contributed by atoms with Gasteiger partial charge in [0.05, 0.1) is 16.8 Å². The Morgan fingerprint density at radius 2 is 1.74 bits per heavy atom. The molecule has 1 N–H and O–H groups in total. The summed E-state index contributed by atoms with van der Waals surface area (Å²) in [6.45, 7) is 4.41. The molecule has 2 heterocycles. The van der Waals surface area contributed by atoms with Crippen molar-refractivity contribution in [2.24, 2.45) is 5.92 Å². The molecule has 4 nitrogen and oxygen atoms in total. The minimum Gasteiger partial charge on any atom is -0.381 e. The van der Waals surface area contributed by atoms with Crippen molar-refractivity contribution in [3.8, 4) is 11.1 Å². The van der Waals surface area contributed by atoms with E-state index in [-0.39, 0.29) is 17.5 Å². The Kier molecular flexibility index (Phi) is 6.05. The molecule has 182 valence electrons. The number of hydrogen-bond donors (Lipinski definition) is 1. The van der Waals surface area contributed by atoms with Gasteiger partial charge in [-0.1, -0.05) is 12.1 Å². The number of pyridine rings is 1. The van der Waals surface area contributed by atoms with E-state index in [1.165, 1.54) is 38.8 Å². The molecule has 1 aliphatic heterocycles. The lowest BCUT2D eigenvalue weighted by Crippen LogP contribution is -2.39. The number of nitrogens with one attached hydrogen (secondary N) is 1. The Labute approximate surface area is 206 Å². The molecular formula is C30H34FN3O. The van der Waals surface area contributed by atoms with Gasteiger partial charge in [-0.25, -0.2) is 4.39 Å².